The minimum Gasteiger partial charge on any atom is -0.325 e. The lowest BCUT2D eigenvalue weighted by Crippen LogP contribution is -2.15. The molecule has 80 valence electrons. The molecule has 0 aliphatic carbocycles. The Morgan fingerprint density at radius 2 is 1.54 bits per heavy atom. The Balaban J connectivity index is 4.27. The van der Waals surface area contributed by atoms with Crippen molar-refractivity contribution in [2.45, 2.75) is 56.0 Å². The summed E-state index contributed by atoms with van der Waals surface area (Å²) in [6, 6.07) is 0. The molecule has 0 spiro atoms. The lowest BCUT2D eigenvalue weighted by atomic mass is 10.1. The molecule has 0 saturated carbocycles. The van der Waals surface area contributed by atoms with E-state index in [1.54, 1.807) is 0 Å². The van der Waals surface area contributed by atoms with Crippen molar-refractivity contribution in [3.8, 4) is 0 Å². The van der Waals surface area contributed by atoms with Crippen molar-refractivity contribution < 1.29 is 4.57 Å². The zero-order valence-electron chi connectivity index (χ0n) is 9.03. The van der Waals surface area contributed by atoms with Crippen LogP contribution in [0.5, 0.6) is 0 Å². The molecule has 0 bridgehead atoms. The van der Waals surface area contributed by atoms with Crippen LogP contribution in [0, 0.1) is 0 Å². The summed E-state index contributed by atoms with van der Waals surface area (Å²) < 4.78 is 12.1. The van der Waals surface area contributed by atoms with Crippen LogP contribution in [0.2, 0.25) is 0 Å². The fourth-order valence-corrected chi connectivity index (χ4v) is 5.50. The summed E-state index contributed by atoms with van der Waals surface area (Å²) in [7, 11) is -1.37. The standard InChI is InChI=1S/C10H22IOP/c1-4-7-10(11,8-5-2)13(12)9-6-3/h13H,4-9H2,1-3H3. The molecule has 0 N–H and O–H groups in total. The topological polar surface area (TPSA) is 17.1 Å². The van der Waals surface area contributed by atoms with Gasteiger partial charge in [0.1, 0.15) is 0 Å². The summed E-state index contributed by atoms with van der Waals surface area (Å²) in [5.41, 5.74) is 0. The highest BCUT2D eigenvalue weighted by molar-refractivity contribution is 14.1. The molecule has 0 heterocycles. The van der Waals surface area contributed by atoms with Crippen LogP contribution in [0.3, 0.4) is 0 Å². The van der Waals surface area contributed by atoms with Crippen LogP contribution >= 0.6 is 30.4 Å². The molecule has 1 atom stereocenters. The molecule has 0 aromatic carbocycles. The van der Waals surface area contributed by atoms with Crippen LogP contribution in [-0.4, -0.2) is 9.32 Å². The van der Waals surface area contributed by atoms with Gasteiger partial charge in [-0.05, 0) is 25.4 Å². The molecule has 0 aliphatic rings. The second-order valence-corrected chi connectivity index (χ2v) is 9.02. The molecule has 0 rings (SSSR count). The van der Waals surface area contributed by atoms with Gasteiger partial charge in [0.25, 0.3) is 0 Å². The Morgan fingerprint density at radius 1 is 1.08 bits per heavy atom. The van der Waals surface area contributed by atoms with Gasteiger partial charge >= 0.3 is 0 Å². The molecular formula is C10H22IOP. The van der Waals surface area contributed by atoms with E-state index >= 15 is 0 Å². The van der Waals surface area contributed by atoms with E-state index in [9.17, 15) is 4.57 Å². The quantitative estimate of drug-likeness (QED) is 0.378. The maximum Gasteiger partial charge on any atom is 0.0913 e. The highest BCUT2D eigenvalue weighted by Gasteiger charge is 2.30. The Morgan fingerprint density at radius 3 is 1.85 bits per heavy atom. The van der Waals surface area contributed by atoms with E-state index in [2.05, 4.69) is 43.4 Å². The second-order valence-electron chi connectivity index (χ2n) is 3.64. The van der Waals surface area contributed by atoms with Crippen molar-refractivity contribution in [2.75, 3.05) is 6.16 Å². The molecule has 13 heavy (non-hydrogen) atoms. The lowest BCUT2D eigenvalue weighted by molar-refractivity contribution is 0.553. The minimum atomic E-state index is -1.37. The maximum absolute atomic E-state index is 12.0. The van der Waals surface area contributed by atoms with Crippen molar-refractivity contribution in [3.63, 3.8) is 0 Å². The fraction of sp³-hybridized carbons (Fsp3) is 1.00. The molecule has 1 unspecified atom stereocenters. The van der Waals surface area contributed by atoms with E-state index in [4.69, 9.17) is 0 Å². The van der Waals surface area contributed by atoms with E-state index < -0.39 is 7.80 Å². The summed E-state index contributed by atoms with van der Waals surface area (Å²) in [5.74, 6) is 0. The summed E-state index contributed by atoms with van der Waals surface area (Å²) in [6.45, 7) is 6.49. The van der Waals surface area contributed by atoms with Crippen LogP contribution < -0.4 is 0 Å². The van der Waals surface area contributed by atoms with Crippen LogP contribution in [-0.2, 0) is 4.57 Å². The molecule has 0 radical (unpaired) electrons. The average Bonchev–Trinajstić information content (AvgIpc) is 2.05. The SMILES string of the molecule is CCC[PH](=O)C(I)(CCC)CCC. The first-order valence-corrected chi connectivity index (χ1v) is 8.02. The van der Waals surface area contributed by atoms with E-state index in [0.29, 0.717) is 0 Å². The molecular weight excluding hydrogens is 294 g/mol. The van der Waals surface area contributed by atoms with Crippen molar-refractivity contribution in [3.05, 3.63) is 0 Å². The van der Waals surface area contributed by atoms with Gasteiger partial charge in [0.2, 0.25) is 0 Å². The van der Waals surface area contributed by atoms with Gasteiger partial charge in [-0.2, -0.15) is 0 Å². The predicted molar refractivity (Wildman–Crippen MR) is 70.7 cm³/mol. The van der Waals surface area contributed by atoms with Gasteiger partial charge in [-0.3, -0.25) is 0 Å². The van der Waals surface area contributed by atoms with Crippen molar-refractivity contribution >= 4 is 30.4 Å². The summed E-state index contributed by atoms with van der Waals surface area (Å²) in [5, 5.41) is 0. The molecule has 0 amide bonds. The van der Waals surface area contributed by atoms with Gasteiger partial charge in [0, 0.05) is 0 Å². The number of halogens is 1. The predicted octanol–water partition coefficient (Wildman–Crippen LogP) is 4.69. The summed E-state index contributed by atoms with van der Waals surface area (Å²) in [4.78, 5) is 0. The summed E-state index contributed by atoms with van der Waals surface area (Å²) >= 11 is 2.46. The Labute approximate surface area is 97.0 Å². The zero-order valence-corrected chi connectivity index (χ0v) is 12.2. The highest BCUT2D eigenvalue weighted by Crippen LogP contribution is 2.51. The van der Waals surface area contributed by atoms with Gasteiger partial charge < -0.3 is 4.57 Å². The van der Waals surface area contributed by atoms with Gasteiger partial charge in [-0.1, -0.05) is 56.2 Å². The maximum atomic E-state index is 12.0. The number of hydrogen-bond acceptors (Lipinski definition) is 1. The average molecular weight is 316 g/mol. The fourth-order valence-electron chi connectivity index (χ4n) is 1.65. The first kappa shape index (κ1) is 14.0. The zero-order chi connectivity index (χ0) is 10.3. The van der Waals surface area contributed by atoms with E-state index in [1.165, 1.54) is 0 Å². The largest absolute Gasteiger partial charge is 0.325 e. The first-order chi connectivity index (χ1) is 6.10. The highest BCUT2D eigenvalue weighted by atomic mass is 127. The third-order valence-corrected chi connectivity index (χ3v) is 7.61. The van der Waals surface area contributed by atoms with Crippen molar-refractivity contribution in [1.82, 2.24) is 0 Å². The molecule has 0 aliphatic heterocycles. The lowest BCUT2D eigenvalue weighted by Gasteiger charge is -2.26. The normalized spacial score (nSPS) is 14.5. The minimum absolute atomic E-state index is 0.127. The van der Waals surface area contributed by atoms with Crippen LogP contribution in [0.1, 0.15) is 52.9 Å². The molecule has 0 saturated heterocycles. The number of alkyl halides is 1. The van der Waals surface area contributed by atoms with E-state index in [-0.39, 0.29) is 3.16 Å². The number of hydrogen-bond donors (Lipinski definition) is 0. The van der Waals surface area contributed by atoms with Gasteiger partial charge in [0.05, 0.1) is 11.0 Å². The second kappa shape index (κ2) is 7.28. The molecule has 0 aromatic heterocycles. The number of rotatable bonds is 7. The Kier molecular flexibility index (Phi) is 7.82. The van der Waals surface area contributed by atoms with Crippen LogP contribution in [0.15, 0.2) is 0 Å². The van der Waals surface area contributed by atoms with Gasteiger partial charge in [0.15, 0.2) is 0 Å². The third kappa shape index (κ3) is 4.83. The van der Waals surface area contributed by atoms with Crippen molar-refractivity contribution in [2.24, 2.45) is 0 Å². The van der Waals surface area contributed by atoms with E-state index in [0.717, 1.165) is 38.3 Å². The summed E-state index contributed by atoms with van der Waals surface area (Å²) in [6.07, 6.45) is 6.56. The molecule has 1 nitrogen and oxygen atoms in total. The molecule has 0 fully saturated rings. The Bertz CT molecular complexity index is 153. The first-order valence-electron chi connectivity index (χ1n) is 5.33. The Hall–Kier alpha value is 0.960. The van der Waals surface area contributed by atoms with E-state index in [1.807, 2.05) is 0 Å². The smallest absolute Gasteiger partial charge is 0.0913 e. The van der Waals surface area contributed by atoms with Crippen LogP contribution in [0.25, 0.3) is 0 Å². The van der Waals surface area contributed by atoms with Gasteiger partial charge in [-0.15, -0.1) is 0 Å². The molecule has 3 heteroatoms. The monoisotopic (exact) mass is 316 g/mol. The van der Waals surface area contributed by atoms with Crippen LogP contribution in [0.4, 0.5) is 0 Å². The van der Waals surface area contributed by atoms with Gasteiger partial charge in [-0.25, -0.2) is 0 Å². The third-order valence-electron chi connectivity index (χ3n) is 2.27. The van der Waals surface area contributed by atoms with Crippen molar-refractivity contribution in [1.29, 1.82) is 0 Å². The molecule has 0 aromatic rings.